The van der Waals surface area contributed by atoms with Gasteiger partial charge in [0, 0.05) is 18.7 Å². The molecule has 0 radical (unpaired) electrons. The number of ether oxygens (including phenoxy) is 2. The van der Waals surface area contributed by atoms with E-state index in [0.29, 0.717) is 31.7 Å². The number of carbonyl (C=O) groups excluding carboxylic acids is 2. The van der Waals surface area contributed by atoms with Crippen molar-refractivity contribution in [3.63, 3.8) is 0 Å². The Hall–Kier alpha value is -2.04. The molecule has 0 aromatic heterocycles. The Morgan fingerprint density at radius 1 is 1.23 bits per heavy atom. The number of para-hydroxylation sites is 1. The fourth-order valence-corrected chi connectivity index (χ4v) is 3.13. The highest BCUT2D eigenvalue weighted by molar-refractivity contribution is 5.91. The second kappa shape index (κ2) is 5.00. The van der Waals surface area contributed by atoms with Crippen molar-refractivity contribution in [3.8, 4) is 5.75 Å². The lowest BCUT2D eigenvalue weighted by atomic mass is 9.74. The maximum absolute atomic E-state index is 12.4. The van der Waals surface area contributed by atoms with Crippen LogP contribution in [0.4, 0.5) is 4.79 Å². The van der Waals surface area contributed by atoms with Crippen molar-refractivity contribution in [2.45, 2.75) is 44.6 Å². The molecule has 0 atom stereocenters. The van der Waals surface area contributed by atoms with Crippen LogP contribution in [-0.2, 0) is 14.9 Å². The molecular formula is C17H21NO4. The van der Waals surface area contributed by atoms with Gasteiger partial charge in [-0.2, -0.15) is 0 Å². The molecule has 1 saturated heterocycles. The van der Waals surface area contributed by atoms with Crippen molar-refractivity contribution in [2.24, 2.45) is 0 Å². The molecule has 0 unspecified atom stereocenters. The molecule has 1 fully saturated rings. The summed E-state index contributed by atoms with van der Waals surface area (Å²) >= 11 is 0. The van der Waals surface area contributed by atoms with Crippen molar-refractivity contribution in [2.75, 3.05) is 13.1 Å². The highest BCUT2D eigenvalue weighted by atomic mass is 16.6. The van der Waals surface area contributed by atoms with E-state index in [9.17, 15) is 9.59 Å². The van der Waals surface area contributed by atoms with Crippen LogP contribution < -0.4 is 4.74 Å². The average Bonchev–Trinajstić information content (AvgIpc) is 2.71. The molecule has 1 aromatic rings. The molecule has 2 aliphatic rings. The first kappa shape index (κ1) is 14.9. The van der Waals surface area contributed by atoms with Gasteiger partial charge in [0.05, 0.1) is 0 Å². The van der Waals surface area contributed by atoms with Gasteiger partial charge < -0.3 is 14.4 Å². The molecule has 5 heteroatoms. The molecule has 2 heterocycles. The van der Waals surface area contributed by atoms with E-state index in [1.54, 1.807) is 4.90 Å². The average molecular weight is 303 g/mol. The van der Waals surface area contributed by atoms with Gasteiger partial charge in [0.25, 0.3) is 0 Å². The van der Waals surface area contributed by atoms with Crippen molar-refractivity contribution in [1.29, 1.82) is 0 Å². The molecule has 0 saturated carbocycles. The molecule has 0 aliphatic carbocycles. The third-order valence-corrected chi connectivity index (χ3v) is 4.26. The molecule has 118 valence electrons. The second-order valence-electron chi connectivity index (χ2n) is 6.94. The Kier molecular flexibility index (Phi) is 3.38. The lowest BCUT2D eigenvalue weighted by molar-refractivity contribution is -0.140. The highest BCUT2D eigenvalue weighted by Crippen LogP contribution is 2.46. The van der Waals surface area contributed by atoms with Crippen LogP contribution in [0.2, 0.25) is 0 Å². The van der Waals surface area contributed by atoms with E-state index in [2.05, 4.69) is 0 Å². The zero-order chi connectivity index (χ0) is 16.0. The van der Waals surface area contributed by atoms with E-state index in [1.807, 2.05) is 45.0 Å². The van der Waals surface area contributed by atoms with Crippen molar-refractivity contribution >= 4 is 12.1 Å². The minimum Gasteiger partial charge on any atom is -0.444 e. The fourth-order valence-electron chi connectivity index (χ4n) is 3.13. The van der Waals surface area contributed by atoms with Gasteiger partial charge in [-0.3, -0.25) is 4.79 Å². The van der Waals surface area contributed by atoms with E-state index in [0.717, 1.165) is 5.56 Å². The number of piperidine rings is 1. The summed E-state index contributed by atoms with van der Waals surface area (Å²) in [5.74, 6) is 0.454. The number of nitrogens with zero attached hydrogens (tertiary/aromatic N) is 1. The summed E-state index contributed by atoms with van der Waals surface area (Å²) in [6.07, 6.45) is 0.825. The predicted octanol–water partition coefficient (Wildman–Crippen LogP) is 2.87. The number of rotatable bonds is 0. The molecule has 0 bridgehead atoms. The number of amides is 1. The van der Waals surface area contributed by atoms with Crippen LogP contribution in [0.25, 0.3) is 0 Å². The Balaban J connectivity index is 1.74. The summed E-state index contributed by atoms with van der Waals surface area (Å²) in [5.41, 5.74) is -0.163. The maximum Gasteiger partial charge on any atom is 0.410 e. The number of esters is 1. The molecule has 1 aromatic carbocycles. The van der Waals surface area contributed by atoms with E-state index in [4.69, 9.17) is 9.47 Å². The number of fused-ring (bicyclic) bond motifs is 2. The molecule has 22 heavy (non-hydrogen) atoms. The van der Waals surface area contributed by atoms with E-state index in [1.165, 1.54) is 0 Å². The smallest absolute Gasteiger partial charge is 0.410 e. The molecule has 3 rings (SSSR count). The Morgan fingerprint density at radius 2 is 1.86 bits per heavy atom. The number of carbonyl (C=O) groups is 2. The normalized spacial score (nSPS) is 19.8. The maximum atomic E-state index is 12.4. The molecule has 1 amide bonds. The summed E-state index contributed by atoms with van der Waals surface area (Å²) in [6, 6.07) is 7.55. The highest BCUT2D eigenvalue weighted by Gasteiger charge is 2.51. The molecule has 0 N–H and O–H groups in total. The molecular weight excluding hydrogens is 282 g/mol. The predicted molar refractivity (Wildman–Crippen MR) is 80.8 cm³/mol. The summed E-state index contributed by atoms with van der Waals surface area (Å²) in [6.45, 7) is 6.54. The van der Waals surface area contributed by atoms with Gasteiger partial charge >= 0.3 is 12.1 Å². The molecule has 2 aliphatic heterocycles. The lowest BCUT2D eigenvalue weighted by Crippen LogP contribution is -2.49. The number of likely N-dealkylation sites (tertiary alicyclic amines) is 1. The summed E-state index contributed by atoms with van der Waals surface area (Å²) in [4.78, 5) is 26.2. The van der Waals surface area contributed by atoms with Gasteiger partial charge in [-0.1, -0.05) is 18.2 Å². The minimum atomic E-state index is -0.602. The largest absolute Gasteiger partial charge is 0.444 e. The van der Waals surface area contributed by atoms with Crippen LogP contribution in [0, 0.1) is 0 Å². The van der Waals surface area contributed by atoms with Crippen LogP contribution in [0.15, 0.2) is 24.3 Å². The summed E-state index contributed by atoms with van der Waals surface area (Å²) < 4.78 is 10.8. The van der Waals surface area contributed by atoms with E-state index in [-0.39, 0.29) is 12.1 Å². The van der Waals surface area contributed by atoms with Crippen LogP contribution in [0.1, 0.15) is 39.2 Å². The monoisotopic (exact) mass is 303 g/mol. The zero-order valence-corrected chi connectivity index (χ0v) is 13.2. The number of benzene rings is 1. The molecule has 5 nitrogen and oxygen atoms in total. The van der Waals surface area contributed by atoms with Crippen LogP contribution in [0.5, 0.6) is 5.75 Å². The standard InChI is InChI=1S/C17H21NO4/c1-16(2,3)22-15(20)18-10-8-17(9-11-18)12-6-4-5-7-13(12)21-14(17)19/h4-7H,8-11H2,1-3H3. The van der Waals surface area contributed by atoms with Gasteiger partial charge in [-0.25, -0.2) is 4.79 Å². The van der Waals surface area contributed by atoms with Crippen LogP contribution in [0.3, 0.4) is 0 Å². The summed E-state index contributed by atoms with van der Waals surface area (Å²) in [7, 11) is 0. The number of hydrogen-bond donors (Lipinski definition) is 0. The molecule has 1 spiro atoms. The zero-order valence-electron chi connectivity index (χ0n) is 13.2. The lowest BCUT2D eigenvalue weighted by Gasteiger charge is -2.37. The van der Waals surface area contributed by atoms with Crippen LogP contribution in [-0.4, -0.2) is 35.7 Å². The first-order valence-corrected chi connectivity index (χ1v) is 7.62. The van der Waals surface area contributed by atoms with Crippen LogP contribution >= 0.6 is 0 Å². The SMILES string of the molecule is CC(C)(C)OC(=O)N1CCC2(CC1)C(=O)Oc1ccccc12. The Bertz CT molecular complexity index is 609. The first-order chi connectivity index (χ1) is 10.3. The Morgan fingerprint density at radius 3 is 2.50 bits per heavy atom. The summed E-state index contributed by atoms with van der Waals surface area (Å²) in [5, 5.41) is 0. The van der Waals surface area contributed by atoms with Crippen molar-refractivity contribution in [1.82, 2.24) is 4.90 Å². The van der Waals surface area contributed by atoms with Gasteiger partial charge in [0.2, 0.25) is 0 Å². The Labute approximate surface area is 130 Å². The quantitative estimate of drug-likeness (QED) is 0.546. The van der Waals surface area contributed by atoms with E-state index >= 15 is 0 Å². The third kappa shape index (κ3) is 2.45. The van der Waals surface area contributed by atoms with Gasteiger partial charge in [0.1, 0.15) is 16.8 Å². The minimum absolute atomic E-state index is 0.197. The van der Waals surface area contributed by atoms with Gasteiger partial charge in [-0.15, -0.1) is 0 Å². The first-order valence-electron chi connectivity index (χ1n) is 7.62. The third-order valence-electron chi connectivity index (χ3n) is 4.26. The van der Waals surface area contributed by atoms with Crippen molar-refractivity contribution < 1.29 is 19.1 Å². The number of hydrogen-bond acceptors (Lipinski definition) is 4. The topological polar surface area (TPSA) is 55.8 Å². The van der Waals surface area contributed by atoms with E-state index < -0.39 is 11.0 Å². The van der Waals surface area contributed by atoms with Gasteiger partial charge in [0.15, 0.2) is 0 Å². The van der Waals surface area contributed by atoms with Crippen molar-refractivity contribution in [3.05, 3.63) is 29.8 Å². The van der Waals surface area contributed by atoms with Gasteiger partial charge in [-0.05, 0) is 39.7 Å². The second-order valence-corrected chi connectivity index (χ2v) is 6.94. The fraction of sp³-hybridized carbons (Fsp3) is 0.529.